The molecule has 0 spiro atoms. The maximum atomic E-state index is 7.08. The molecule has 3 aromatic rings. The van der Waals surface area contributed by atoms with Crippen molar-refractivity contribution < 1.29 is 0 Å². The van der Waals surface area contributed by atoms with Crippen molar-refractivity contribution in [3.63, 3.8) is 0 Å². The second-order valence-electron chi connectivity index (χ2n) is 5.86. The molecule has 0 radical (unpaired) electrons. The molecule has 114 valence electrons. The van der Waals surface area contributed by atoms with Crippen LogP contribution in [0.15, 0.2) is 42.5 Å². The average Bonchev–Trinajstić information content (AvgIpc) is 3.01. The van der Waals surface area contributed by atoms with E-state index in [9.17, 15) is 0 Å². The molecule has 4 nitrogen and oxygen atoms in total. The summed E-state index contributed by atoms with van der Waals surface area (Å²) in [5.74, 6) is 1.92. The first kappa shape index (κ1) is 15.0. The summed E-state index contributed by atoms with van der Waals surface area (Å²) >= 11 is 0. The van der Waals surface area contributed by atoms with E-state index in [1.807, 2.05) is 31.2 Å². The van der Waals surface area contributed by atoms with Gasteiger partial charge in [-0.1, -0.05) is 50.2 Å². The van der Waals surface area contributed by atoms with E-state index in [-0.39, 0.29) is 0 Å². The van der Waals surface area contributed by atoms with Gasteiger partial charge in [0.15, 0.2) is 11.5 Å². The molecule has 0 atom stereocenters. The number of rotatable bonds is 3. The van der Waals surface area contributed by atoms with Gasteiger partial charge in [-0.3, -0.25) is 5.10 Å². The molecule has 3 rings (SSSR count). The fourth-order valence-corrected chi connectivity index (χ4v) is 2.64. The standard InChI is InChI=1S/C19H18N4/c1-12(2)17-10-7-15(19-21-13(3)22-23-19)11-18(17)14-5-8-16(20-4)9-6-14/h5-12H,1-3H3,(H,21,22,23). The van der Waals surface area contributed by atoms with Crippen LogP contribution in [0.4, 0.5) is 5.69 Å². The van der Waals surface area contributed by atoms with Gasteiger partial charge in [0.1, 0.15) is 5.82 Å². The van der Waals surface area contributed by atoms with Gasteiger partial charge >= 0.3 is 0 Å². The molecule has 2 aromatic carbocycles. The van der Waals surface area contributed by atoms with Crippen molar-refractivity contribution in [2.75, 3.05) is 0 Å². The zero-order valence-corrected chi connectivity index (χ0v) is 13.5. The van der Waals surface area contributed by atoms with E-state index in [4.69, 9.17) is 6.57 Å². The van der Waals surface area contributed by atoms with Gasteiger partial charge < -0.3 is 0 Å². The predicted octanol–water partition coefficient (Wildman–Crippen LogP) is 5.12. The summed E-state index contributed by atoms with van der Waals surface area (Å²) in [6, 6.07) is 14.1. The molecule has 0 aliphatic heterocycles. The van der Waals surface area contributed by atoms with Gasteiger partial charge in [0.25, 0.3) is 0 Å². The lowest BCUT2D eigenvalue weighted by Gasteiger charge is -2.14. The molecule has 1 aromatic heterocycles. The van der Waals surface area contributed by atoms with Crippen LogP contribution in [-0.4, -0.2) is 15.2 Å². The van der Waals surface area contributed by atoms with Crippen LogP contribution in [0.1, 0.15) is 31.2 Å². The number of H-pyrrole nitrogens is 1. The highest BCUT2D eigenvalue weighted by Crippen LogP contribution is 2.33. The van der Waals surface area contributed by atoms with Crippen molar-refractivity contribution in [3.05, 3.63) is 65.3 Å². The Hall–Kier alpha value is -2.93. The van der Waals surface area contributed by atoms with Gasteiger partial charge in [-0.05, 0) is 35.6 Å². The van der Waals surface area contributed by atoms with Crippen LogP contribution in [0.5, 0.6) is 0 Å². The molecule has 0 aliphatic rings. The fraction of sp³-hybridized carbons (Fsp3) is 0.211. The largest absolute Gasteiger partial charge is 0.263 e. The molecule has 23 heavy (non-hydrogen) atoms. The summed E-state index contributed by atoms with van der Waals surface area (Å²) in [5, 5.41) is 7.13. The van der Waals surface area contributed by atoms with Gasteiger partial charge in [0.05, 0.1) is 6.57 Å². The minimum Gasteiger partial charge on any atom is -0.263 e. The van der Waals surface area contributed by atoms with Crippen LogP contribution in [-0.2, 0) is 0 Å². The molecule has 4 heteroatoms. The van der Waals surface area contributed by atoms with Crippen LogP contribution in [0.25, 0.3) is 27.4 Å². The highest BCUT2D eigenvalue weighted by molar-refractivity contribution is 5.75. The molecule has 0 fully saturated rings. The van der Waals surface area contributed by atoms with Crippen LogP contribution >= 0.6 is 0 Å². The number of hydrogen-bond donors (Lipinski definition) is 1. The summed E-state index contributed by atoms with van der Waals surface area (Å²) in [4.78, 5) is 7.87. The Bertz CT molecular complexity index is 867. The molecular formula is C19H18N4. The topological polar surface area (TPSA) is 45.9 Å². The first-order valence-corrected chi connectivity index (χ1v) is 7.59. The van der Waals surface area contributed by atoms with Crippen molar-refractivity contribution in [2.45, 2.75) is 26.7 Å². The molecule has 1 N–H and O–H groups in total. The first-order chi connectivity index (χ1) is 11.1. The van der Waals surface area contributed by atoms with E-state index in [1.54, 1.807) is 0 Å². The summed E-state index contributed by atoms with van der Waals surface area (Å²) in [5.41, 5.74) is 5.19. The van der Waals surface area contributed by atoms with Crippen molar-refractivity contribution in [1.82, 2.24) is 15.2 Å². The van der Waals surface area contributed by atoms with E-state index in [0.717, 1.165) is 22.5 Å². The van der Waals surface area contributed by atoms with Gasteiger partial charge in [-0.25, -0.2) is 9.83 Å². The van der Waals surface area contributed by atoms with E-state index >= 15 is 0 Å². The Morgan fingerprint density at radius 3 is 2.30 bits per heavy atom. The Morgan fingerprint density at radius 1 is 1.04 bits per heavy atom. The van der Waals surface area contributed by atoms with Crippen molar-refractivity contribution in [2.24, 2.45) is 0 Å². The summed E-state index contributed by atoms with van der Waals surface area (Å²) in [7, 11) is 0. The van der Waals surface area contributed by atoms with Crippen molar-refractivity contribution in [3.8, 4) is 22.5 Å². The van der Waals surface area contributed by atoms with E-state index in [0.29, 0.717) is 17.4 Å². The molecular weight excluding hydrogens is 284 g/mol. The molecule has 0 bridgehead atoms. The van der Waals surface area contributed by atoms with Crippen LogP contribution < -0.4 is 0 Å². The molecule has 0 saturated carbocycles. The highest BCUT2D eigenvalue weighted by atomic mass is 15.2. The lowest BCUT2D eigenvalue weighted by molar-refractivity contribution is 0.869. The minimum atomic E-state index is 0.411. The minimum absolute atomic E-state index is 0.411. The van der Waals surface area contributed by atoms with E-state index in [1.165, 1.54) is 5.56 Å². The SMILES string of the molecule is [C-]#[N+]c1ccc(-c2cc(-c3n[nH]c(C)n3)ccc2C(C)C)cc1. The highest BCUT2D eigenvalue weighted by Gasteiger charge is 2.12. The molecule has 0 aliphatic carbocycles. The van der Waals surface area contributed by atoms with Crippen LogP contribution in [0, 0.1) is 13.5 Å². The number of aromatic nitrogens is 3. The summed E-state index contributed by atoms with van der Waals surface area (Å²) in [6.07, 6.45) is 0. The smallest absolute Gasteiger partial charge is 0.187 e. The second-order valence-corrected chi connectivity index (χ2v) is 5.86. The molecule has 0 amide bonds. The lowest BCUT2D eigenvalue weighted by atomic mass is 9.91. The van der Waals surface area contributed by atoms with E-state index < -0.39 is 0 Å². The van der Waals surface area contributed by atoms with Crippen LogP contribution in [0.2, 0.25) is 0 Å². The predicted molar refractivity (Wildman–Crippen MR) is 92.3 cm³/mol. The Kier molecular flexibility index (Phi) is 3.94. The molecule has 0 unspecified atom stereocenters. The Labute approximate surface area is 136 Å². The third-order valence-electron chi connectivity index (χ3n) is 3.84. The zero-order chi connectivity index (χ0) is 16.4. The van der Waals surface area contributed by atoms with Crippen molar-refractivity contribution >= 4 is 5.69 Å². The van der Waals surface area contributed by atoms with Gasteiger partial charge in [0, 0.05) is 5.56 Å². The fourth-order valence-electron chi connectivity index (χ4n) is 2.64. The average molecular weight is 302 g/mol. The monoisotopic (exact) mass is 302 g/mol. The quantitative estimate of drug-likeness (QED) is 0.682. The third kappa shape index (κ3) is 3.00. The number of hydrogen-bond acceptors (Lipinski definition) is 2. The number of nitrogens with one attached hydrogen (secondary N) is 1. The number of nitrogens with zero attached hydrogens (tertiary/aromatic N) is 3. The van der Waals surface area contributed by atoms with Gasteiger partial charge in [-0.15, -0.1) is 0 Å². The van der Waals surface area contributed by atoms with E-state index in [2.05, 4.69) is 52.1 Å². The van der Waals surface area contributed by atoms with Gasteiger partial charge in [-0.2, -0.15) is 5.10 Å². The molecule has 1 heterocycles. The Balaban J connectivity index is 2.13. The summed E-state index contributed by atoms with van der Waals surface area (Å²) < 4.78 is 0. The maximum Gasteiger partial charge on any atom is 0.187 e. The van der Waals surface area contributed by atoms with Crippen LogP contribution in [0.3, 0.4) is 0 Å². The van der Waals surface area contributed by atoms with Crippen molar-refractivity contribution in [1.29, 1.82) is 0 Å². The zero-order valence-electron chi connectivity index (χ0n) is 13.5. The number of aromatic amines is 1. The number of benzene rings is 2. The lowest BCUT2D eigenvalue weighted by Crippen LogP contribution is -1.94. The third-order valence-corrected chi connectivity index (χ3v) is 3.84. The summed E-state index contributed by atoms with van der Waals surface area (Å²) in [6.45, 7) is 13.3. The first-order valence-electron chi connectivity index (χ1n) is 7.59. The maximum absolute atomic E-state index is 7.08. The number of aryl methyl sites for hydroxylation is 1. The molecule has 0 saturated heterocycles. The normalized spacial score (nSPS) is 10.7. The van der Waals surface area contributed by atoms with Gasteiger partial charge in [0.2, 0.25) is 0 Å². The Morgan fingerprint density at radius 2 is 1.74 bits per heavy atom. The second kappa shape index (κ2) is 6.05.